The molecule has 1 rings (SSSR count). The lowest BCUT2D eigenvalue weighted by molar-refractivity contribution is 0.00198. The van der Waals surface area contributed by atoms with E-state index in [2.05, 4.69) is 5.73 Å². The van der Waals surface area contributed by atoms with Gasteiger partial charge < -0.3 is 15.2 Å². The molecule has 2 N–H and O–H groups in total. The van der Waals surface area contributed by atoms with Crippen LogP contribution in [0.1, 0.15) is 67.1 Å². The molecule has 1 aromatic heterocycles. The smallest absolute Gasteiger partial charge is 0.341 e. The summed E-state index contributed by atoms with van der Waals surface area (Å²) in [4.78, 5) is 24.5. The molecule has 0 spiro atoms. The summed E-state index contributed by atoms with van der Waals surface area (Å²) >= 11 is 1.02. The number of thiophene rings is 1. The van der Waals surface area contributed by atoms with Crippen LogP contribution in [0.5, 0.6) is 0 Å². The van der Waals surface area contributed by atoms with Crippen LogP contribution in [0.4, 0.5) is 0 Å². The Morgan fingerprint density at radius 3 is 1.87 bits per heavy atom. The highest BCUT2D eigenvalue weighted by atomic mass is 32.1. The molecule has 1 heterocycles. The fourth-order valence-electron chi connectivity index (χ4n) is 1.46. The van der Waals surface area contributed by atoms with Crippen LogP contribution >= 0.6 is 11.3 Å². The van der Waals surface area contributed by atoms with E-state index in [0.717, 1.165) is 11.3 Å². The van der Waals surface area contributed by atoms with Crippen LogP contribution in [0.25, 0.3) is 0 Å². The second-order valence-corrected chi connectivity index (χ2v) is 7.35. The average Bonchev–Trinajstić information content (AvgIpc) is 2.81. The van der Waals surface area contributed by atoms with Gasteiger partial charge in [-0.2, -0.15) is 5.26 Å². The molecule has 1 aromatic rings. The molecular formula is C16H24N2O4S. The summed E-state index contributed by atoms with van der Waals surface area (Å²) in [5.41, 5.74) is 3.15. The van der Waals surface area contributed by atoms with Gasteiger partial charge in [-0.15, -0.1) is 11.3 Å². The number of rotatable bonds is 2. The van der Waals surface area contributed by atoms with Crippen LogP contribution in [0, 0.1) is 11.3 Å². The van der Waals surface area contributed by atoms with Crippen molar-refractivity contribution in [1.82, 2.24) is 0 Å². The van der Waals surface area contributed by atoms with Gasteiger partial charge in [-0.25, -0.2) is 9.59 Å². The van der Waals surface area contributed by atoms with E-state index in [1.54, 1.807) is 41.5 Å². The van der Waals surface area contributed by atoms with Gasteiger partial charge in [0.25, 0.3) is 0 Å². The third-order valence-corrected chi connectivity index (χ3v) is 3.00. The highest BCUT2D eigenvalue weighted by molar-refractivity contribution is 7.11. The summed E-state index contributed by atoms with van der Waals surface area (Å²) in [7, 11) is 1.50. The van der Waals surface area contributed by atoms with Gasteiger partial charge >= 0.3 is 11.9 Å². The lowest BCUT2D eigenvalue weighted by Gasteiger charge is -2.21. The summed E-state index contributed by atoms with van der Waals surface area (Å²) in [6.07, 6.45) is 0. The van der Waals surface area contributed by atoms with E-state index in [4.69, 9.17) is 14.7 Å². The molecule has 23 heavy (non-hydrogen) atoms. The molecule has 6 nitrogen and oxygen atoms in total. The van der Waals surface area contributed by atoms with Crippen molar-refractivity contribution in [2.45, 2.75) is 52.7 Å². The molecule has 0 aromatic carbocycles. The standard InChI is InChI=1S/C15H19NO4S.CH5N/c1-14(2,3)19-12(17)9-8-21-10(7-16)11(9)13(18)20-15(4,5)6;1-2/h8H,1-6H3;2H2,1H3. The number of carbonyl (C=O) groups excluding carboxylic acids is 2. The SMILES string of the molecule is CC(C)(C)OC(=O)c1csc(C#N)c1C(=O)OC(C)(C)C.CN. The van der Waals surface area contributed by atoms with Gasteiger partial charge in [-0.3, -0.25) is 0 Å². The van der Waals surface area contributed by atoms with Gasteiger partial charge in [0.05, 0.1) is 5.56 Å². The Labute approximate surface area is 141 Å². The molecule has 0 atom stereocenters. The highest BCUT2D eigenvalue weighted by Crippen LogP contribution is 2.26. The van der Waals surface area contributed by atoms with Crippen molar-refractivity contribution in [3.8, 4) is 6.07 Å². The van der Waals surface area contributed by atoms with Gasteiger partial charge in [0.2, 0.25) is 0 Å². The summed E-state index contributed by atoms with van der Waals surface area (Å²) in [5.74, 6) is -1.33. The van der Waals surface area contributed by atoms with Crippen LogP contribution in [0.15, 0.2) is 5.38 Å². The molecule has 0 amide bonds. The van der Waals surface area contributed by atoms with Crippen molar-refractivity contribution in [1.29, 1.82) is 5.26 Å². The van der Waals surface area contributed by atoms with Crippen LogP contribution in [-0.4, -0.2) is 30.2 Å². The minimum atomic E-state index is -0.711. The maximum absolute atomic E-state index is 12.2. The number of nitriles is 1. The van der Waals surface area contributed by atoms with Crippen molar-refractivity contribution in [2.24, 2.45) is 5.73 Å². The van der Waals surface area contributed by atoms with Gasteiger partial charge in [-0.1, -0.05) is 0 Å². The molecule has 0 unspecified atom stereocenters. The second kappa shape index (κ2) is 8.09. The van der Waals surface area contributed by atoms with Gasteiger partial charge in [0.1, 0.15) is 27.7 Å². The molecule has 0 saturated carbocycles. The number of nitrogens with two attached hydrogens (primary N) is 1. The molecular weight excluding hydrogens is 316 g/mol. The third-order valence-electron chi connectivity index (χ3n) is 2.11. The number of esters is 2. The van der Waals surface area contributed by atoms with E-state index in [1.807, 2.05) is 6.07 Å². The summed E-state index contributed by atoms with van der Waals surface area (Å²) < 4.78 is 10.5. The van der Waals surface area contributed by atoms with Crippen LogP contribution in [0.2, 0.25) is 0 Å². The number of ether oxygens (including phenoxy) is 2. The maximum Gasteiger partial charge on any atom is 0.341 e. The molecule has 0 fully saturated rings. The quantitative estimate of drug-likeness (QED) is 0.830. The van der Waals surface area contributed by atoms with Gasteiger partial charge in [0, 0.05) is 5.38 Å². The first-order valence-electron chi connectivity index (χ1n) is 7.00. The van der Waals surface area contributed by atoms with Crippen LogP contribution in [0.3, 0.4) is 0 Å². The Morgan fingerprint density at radius 1 is 1.04 bits per heavy atom. The maximum atomic E-state index is 12.2. The fourth-order valence-corrected chi connectivity index (χ4v) is 2.27. The number of carbonyl (C=O) groups is 2. The van der Waals surface area contributed by atoms with Gasteiger partial charge in [-0.05, 0) is 48.6 Å². The molecule has 0 saturated heterocycles. The zero-order chi connectivity index (χ0) is 18.4. The predicted octanol–water partition coefficient (Wildman–Crippen LogP) is 3.11. The monoisotopic (exact) mass is 340 g/mol. The average molecular weight is 340 g/mol. The third kappa shape index (κ3) is 6.80. The number of hydrogen-bond donors (Lipinski definition) is 1. The molecule has 0 bridgehead atoms. The Kier molecular flexibility index (Phi) is 7.41. The van der Waals surface area contributed by atoms with E-state index >= 15 is 0 Å². The van der Waals surface area contributed by atoms with E-state index in [0.29, 0.717) is 0 Å². The highest BCUT2D eigenvalue weighted by Gasteiger charge is 2.30. The molecule has 0 aliphatic rings. The lowest BCUT2D eigenvalue weighted by atomic mass is 10.1. The zero-order valence-corrected chi connectivity index (χ0v) is 15.5. The number of nitrogens with zero attached hydrogens (tertiary/aromatic N) is 1. The minimum Gasteiger partial charge on any atom is -0.456 e. The minimum absolute atomic E-state index is 0.0216. The van der Waals surface area contributed by atoms with E-state index in [9.17, 15) is 9.59 Å². The largest absolute Gasteiger partial charge is 0.456 e. The molecule has 128 valence electrons. The predicted molar refractivity (Wildman–Crippen MR) is 89.5 cm³/mol. The normalized spacial score (nSPS) is 10.9. The molecule has 7 heteroatoms. The van der Waals surface area contributed by atoms with E-state index in [-0.39, 0.29) is 16.0 Å². The zero-order valence-electron chi connectivity index (χ0n) is 14.6. The Bertz CT molecular complexity index is 601. The molecule has 0 radical (unpaired) electrons. The first kappa shape index (κ1) is 21.1. The fraction of sp³-hybridized carbons (Fsp3) is 0.562. The van der Waals surface area contributed by atoms with E-state index < -0.39 is 23.1 Å². The van der Waals surface area contributed by atoms with Gasteiger partial charge in [0.15, 0.2) is 0 Å². The van der Waals surface area contributed by atoms with Crippen molar-refractivity contribution < 1.29 is 19.1 Å². The van der Waals surface area contributed by atoms with Crippen LogP contribution < -0.4 is 5.73 Å². The Balaban J connectivity index is 0.00000232. The first-order chi connectivity index (χ1) is 10.4. The topological polar surface area (TPSA) is 102 Å². The second-order valence-electron chi connectivity index (χ2n) is 6.47. The number of hydrogen-bond acceptors (Lipinski definition) is 7. The summed E-state index contributed by atoms with van der Waals surface area (Å²) in [6, 6.07) is 1.91. The Hall–Kier alpha value is -1.91. The Morgan fingerprint density at radius 2 is 1.48 bits per heavy atom. The molecule has 0 aliphatic heterocycles. The van der Waals surface area contributed by atoms with Crippen molar-refractivity contribution >= 4 is 23.3 Å². The van der Waals surface area contributed by atoms with Crippen LogP contribution in [-0.2, 0) is 9.47 Å². The van der Waals surface area contributed by atoms with Crippen molar-refractivity contribution in [2.75, 3.05) is 7.05 Å². The van der Waals surface area contributed by atoms with Crippen molar-refractivity contribution in [3.63, 3.8) is 0 Å². The summed E-state index contributed by atoms with van der Waals surface area (Å²) in [5, 5.41) is 10.5. The molecule has 0 aliphatic carbocycles. The van der Waals surface area contributed by atoms with Crippen molar-refractivity contribution in [3.05, 3.63) is 21.4 Å². The van der Waals surface area contributed by atoms with E-state index in [1.165, 1.54) is 12.4 Å². The first-order valence-corrected chi connectivity index (χ1v) is 7.88. The summed E-state index contributed by atoms with van der Waals surface area (Å²) in [6.45, 7) is 10.4. The lowest BCUT2D eigenvalue weighted by Crippen LogP contribution is -2.27.